The van der Waals surface area contributed by atoms with Gasteiger partial charge >= 0.3 is 5.97 Å². The molecular formula is C30H47N5O5S3. The molecule has 240 valence electrons. The Morgan fingerprint density at radius 3 is 2.51 bits per heavy atom. The second kappa shape index (κ2) is 19.8. The smallest absolute Gasteiger partial charge is 0.329 e. The lowest BCUT2D eigenvalue weighted by Gasteiger charge is -2.29. The number of aromatic nitrogens is 1. The molecule has 2 rings (SSSR count). The van der Waals surface area contributed by atoms with Gasteiger partial charge in [-0.15, -0.1) is 11.3 Å². The number of unbranched alkanes of at least 4 members (excludes halogenated alkanes) is 1. The molecule has 0 saturated carbocycles. The predicted molar refractivity (Wildman–Crippen MR) is 177 cm³/mol. The monoisotopic (exact) mass is 653 g/mol. The molecule has 0 aromatic carbocycles. The molecule has 0 spiro atoms. The summed E-state index contributed by atoms with van der Waals surface area (Å²) in [5.41, 5.74) is -1.15. The van der Waals surface area contributed by atoms with E-state index in [1.165, 1.54) is 11.3 Å². The Morgan fingerprint density at radius 1 is 1.12 bits per heavy atom. The van der Waals surface area contributed by atoms with Crippen LogP contribution in [-0.4, -0.2) is 76.5 Å². The number of hydrogen-bond acceptors (Lipinski definition) is 10. The summed E-state index contributed by atoms with van der Waals surface area (Å²) < 4.78 is 5.75. The highest BCUT2D eigenvalue weighted by Crippen LogP contribution is 2.17. The van der Waals surface area contributed by atoms with Crippen molar-refractivity contribution in [3.63, 3.8) is 0 Å². The third-order valence-corrected chi connectivity index (χ3v) is 9.65. The van der Waals surface area contributed by atoms with Crippen LogP contribution in [0.2, 0.25) is 0 Å². The van der Waals surface area contributed by atoms with Crippen molar-refractivity contribution in [2.75, 3.05) is 30.2 Å². The fraction of sp³-hybridized carbons (Fsp3) is 0.633. The third-order valence-electron chi connectivity index (χ3n) is 6.42. The number of carbonyl (C=O) groups is 4. The maximum Gasteiger partial charge on any atom is 0.329 e. The fourth-order valence-electron chi connectivity index (χ4n) is 3.88. The molecule has 0 radical (unpaired) electrons. The van der Waals surface area contributed by atoms with E-state index >= 15 is 0 Å². The van der Waals surface area contributed by atoms with Gasteiger partial charge in [0.15, 0.2) is 0 Å². The Kier molecular flexibility index (Phi) is 17.0. The van der Waals surface area contributed by atoms with Crippen molar-refractivity contribution in [3.8, 4) is 0 Å². The van der Waals surface area contributed by atoms with Crippen LogP contribution in [0.15, 0.2) is 29.7 Å². The molecular weight excluding hydrogens is 607 g/mol. The van der Waals surface area contributed by atoms with Crippen LogP contribution in [0.4, 0.5) is 0 Å². The molecule has 1 aliphatic heterocycles. The van der Waals surface area contributed by atoms with Crippen molar-refractivity contribution in [3.05, 3.63) is 40.4 Å². The summed E-state index contributed by atoms with van der Waals surface area (Å²) in [7, 11) is 1.97. The standard InChI is InChI=1S/C30H47N5O5S3/c1-21(2)26-28(38)40-22(13-9-12-16-42-20-41-15-11-8-6-7-10-14-31-5)17-24(36)32-18-25-33-23(19-43-25)27(37)35-30(3,4)29(39)34-26/h6,8-9,13,19,21-22,26,31H,7,10-12,14-18,20H2,1-5H3,(H,32,36)(H,34,39)(H,35,37)/b8-6+,13-9+/t22-,26+/m1/s1. The summed E-state index contributed by atoms with van der Waals surface area (Å²) in [5.74, 6) is -0.279. The average Bonchev–Trinajstić information content (AvgIpc) is 3.43. The molecule has 2 atom stereocenters. The molecule has 1 aromatic rings. The van der Waals surface area contributed by atoms with E-state index in [4.69, 9.17) is 4.74 Å². The lowest BCUT2D eigenvalue weighted by molar-refractivity contribution is -0.153. The number of amides is 3. The van der Waals surface area contributed by atoms with Crippen molar-refractivity contribution in [2.24, 2.45) is 5.92 Å². The average molecular weight is 654 g/mol. The van der Waals surface area contributed by atoms with Gasteiger partial charge in [-0.3, -0.25) is 14.4 Å². The van der Waals surface area contributed by atoms with E-state index < -0.39 is 35.5 Å². The zero-order valence-corrected chi connectivity index (χ0v) is 28.4. The zero-order chi connectivity index (χ0) is 31.7. The first kappa shape index (κ1) is 36.8. The van der Waals surface area contributed by atoms with Gasteiger partial charge in [0.2, 0.25) is 11.8 Å². The third kappa shape index (κ3) is 14.3. The summed E-state index contributed by atoms with van der Waals surface area (Å²) in [6.07, 6.45) is 11.4. The van der Waals surface area contributed by atoms with Gasteiger partial charge in [0.05, 0.1) is 13.0 Å². The lowest BCUT2D eigenvalue weighted by atomic mass is 9.99. The lowest BCUT2D eigenvalue weighted by Crippen LogP contribution is -2.59. The van der Waals surface area contributed by atoms with Gasteiger partial charge in [-0.2, -0.15) is 23.5 Å². The van der Waals surface area contributed by atoms with Gasteiger partial charge < -0.3 is 26.0 Å². The number of fused-ring (bicyclic) bond motifs is 2. The minimum absolute atomic E-state index is 0.0727. The van der Waals surface area contributed by atoms with E-state index in [1.807, 2.05) is 36.6 Å². The van der Waals surface area contributed by atoms with E-state index in [9.17, 15) is 19.2 Å². The molecule has 4 N–H and O–H groups in total. The van der Waals surface area contributed by atoms with Gasteiger partial charge in [0.1, 0.15) is 28.4 Å². The highest BCUT2D eigenvalue weighted by molar-refractivity contribution is 8.15. The van der Waals surface area contributed by atoms with E-state index in [0.717, 1.165) is 48.8 Å². The number of nitrogens with zero attached hydrogens (tertiary/aromatic N) is 1. The summed E-state index contributed by atoms with van der Waals surface area (Å²) in [4.78, 5) is 56.1. The van der Waals surface area contributed by atoms with Crippen LogP contribution in [0.3, 0.4) is 0 Å². The van der Waals surface area contributed by atoms with E-state index in [1.54, 1.807) is 39.2 Å². The van der Waals surface area contributed by atoms with Crippen LogP contribution < -0.4 is 21.3 Å². The number of ether oxygens (including phenoxy) is 1. The summed E-state index contributed by atoms with van der Waals surface area (Å²) in [6, 6.07) is -0.961. The van der Waals surface area contributed by atoms with Crippen LogP contribution >= 0.6 is 34.9 Å². The Labute approximate surface area is 268 Å². The molecule has 1 aliphatic rings. The highest BCUT2D eigenvalue weighted by atomic mass is 32.2. The fourth-order valence-corrected chi connectivity index (χ4v) is 6.61. The molecule has 0 aliphatic carbocycles. The molecule has 43 heavy (non-hydrogen) atoms. The Balaban J connectivity index is 1.97. The van der Waals surface area contributed by atoms with Crippen molar-refractivity contribution in [1.29, 1.82) is 0 Å². The largest absolute Gasteiger partial charge is 0.456 e. The number of rotatable bonds is 14. The predicted octanol–water partition coefficient (Wildman–Crippen LogP) is 4.04. The SMILES string of the molecule is CNCCC/C=C/CCSCSCC/C=C/[C@@H]1CC(=O)NCc2nc(cs2)C(=O)NC(C)(C)C(=O)N[C@@H](C(C)C)C(=O)O1. The first-order chi connectivity index (χ1) is 20.5. The van der Waals surface area contributed by atoms with Crippen molar-refractivity contribution < 1.29 is 23.9 Å². The Hall–Kier alpha value is -2.35. The maximum absolute atomic E-state index is 13.2. The van der Waals surface area contributed by atoms with Crippen molar-refractivity contribution in [1.82, 2.24) is 26.3 Å². The van der Waals surface area contributed by atoms with Crippen LogP contribution in [0.25, 0.3) is 0 Å². The minimum Gasteiger partial charge on any atom is -0.456 e. The summed E-state index contributed by atoms with van der Waals surface area (Å²) in [5, 5.41) is 14.5. The van der Waals surface area contributed by atoms with Crippen LogP contribution in [0, 0.1) is 5.92 Å². The Morgan fingerprint density at radius 2 is 1.81 bits per heavy atom. The summed E-state index contributed by atoms with van der Waals surface area (Å²) in [6.45, 7) is 7.90. The van der Waals surface area contributed by atoms with Gasteiger partial charge in [-0.05, 0) is 76.6 Å². The summed E-state index contributed by atoms with van der Waals surface area (Å²) >= 11 is 5.00. The number of carbonyl (C=O) groups excluding carboxylic acids is 4. The topological polar surface area (TPSA) is 139 Å². The van der Waals surface area contributed by atoms with Gasteiger partial charge in [-0.25, -0.2) is 9.78 Å². The number of esters is 1. The number of nitrogens with one attached hydrogen (secondary N) is 4. The molecule has 1 aromatic heterocycles. The molecule has 2 bridgehead atoms. The quantitative estimate of drug-likeness (QED) is 0.101. The number of thiazole rings is 1. The van der Waals surface area contributed by atoms with E-state index in [-0.39, 0.29) is 30.5 Å². The molecule has 3 amide bonds. The zero-order valence-electron chi connectivity index (χ0n) is 25.9. The van der Waals surface area contributed by atoms with Gasteiger partial charge in [0, 0.05) is 10.5 Å². The van der Waals surface area contributed by atoms with E-state index in [2.05, 4.69) is 38.4 Å². The molecule has 0 saturated heterocycles. The van der Waals surface area contributed by atoms with Crippen LogP contribution in [0.1, 0.15) is 75.3 Å². The van der Waals surface area contributed by atoms with Crippen LogP contribution in [-0.2, 0) is 25.7 Å². The molecule has 0 unspecified atom stereocenters. The van der Waals surface area contributed by atoms with Gasteiger partial charge in [-0.1, -0.05) is 32.1 Å². The molecule has 0 fully saturated rings. The van der Waals surface area contributed by atoms with E-state index in [0.29, 0.717) is 5.01 Å². The number of allylic oxidation sites excluding steroid dienone is 3. The normalized spacial score (nSPS) is 20.3. The molecule has 13 heteroatoms. The van der Waals surface area contributed by atoms with Crippen molar-refractivity contribution >= 4 is 58.6 Å². The Bertz CT molecular complexity index is 1110. The van der Waals surface area contributed by atoms with Crippen LogP contribution in [0.5, 0.6) is 0 Å². The molecule has 2 heterocycles. The first-order valence-corrected chi connectivity index (χ1v) is 17.9. The second-order valence-corrected chi connectivity index (χ2v) is 14.5. The molecule has 10 nitrogen and oxygen atoms in total. The van der Waals surface area contributed by atoms with Crippen molar-refractivity contribution in [2.45, 2.75) is 84.0 Å². The van der Waals surface area contributed by atoms with Gasteiger partial charge in [0.25, 0.3) is 5.91 Å². The minimum atomic E-state index is -1.31. The number of cyclic esters (lactones) is 1. The second-order valence-electron chi connectivity index (χ2n) is 11.0. The number of hydrogen-bond donors (Lipinski definition) is 4. The highest BCUT2D eigenvalue weighted by Gasteiger charge is 2.36. The first-order valence-electron chi connectivity index (χ1n) is 14.7. The number of thioether (sulfide) groups is 2. The maximum atomic E-state index is 13.2.